The van der Waals surface area contributed by atoms with Crippen molar-refractivity contribution in [3.8, 4) is 5.69 Å². The Bertz CT molecular complexity index is 1790. The van der Waals surface area contributed by atoms with Gasteiger partial charge in [0.2, 0.25) is 0 Å². The summed E-state index contributed by atoms with van der Waals surface area (Å²) in [5.74, 6) is 0. The van der Waals surface area contributed by atoms with E-state index in [1.165, 1.54) is 40.3 Å². The Labute approximate surface area is 260 Å². The van der Waals surface area contributed by atoms with Crippen LogP contribution in [0.3, 0.4) is 0 Å². The number of benzene rings is 3. The molecular formula is C34H31N5O2S2. The first-order chi connectivity index (χ1) is 20.9. The Hall–Kier alpha value is -4.47. The lowest BCUT2D eigenvalue weighted by Gasteiger charge is -2.28. The highest BCUT2D eigenvalue weighted by Gasteiger charge is 2.42. The summed E-state index contributed by atoms with van der Waals surface area (Å²) >= 11 is 7.54. The van der Waals surface area contributed by atoms with E-state index < -0.39 is 0 Å². The normalized spacial score (nSPS) is 16.3. The molecule has 1 aliphatic heterocycles. The maximum absolute atomic E-state index is 11.0. The number of aromatic nitrogens is 2. The lowest BCUT2D eigenvalue weighted by atomic mass is 9.96. The number of hydrogen-bond donors (Lipinski definition) is 1. The van der Waals surface area contributed by atoms with Crippen molar-refractivity contribution >= 4 is 40.5 Å². The lowest BCUT2D eigenvalue weighted by molar-refractivity contribution is -0.384. The minimum absolute atomic E-state index is 0.0841. The highest BCUT2D eigenvalue weighted by molar-refractivity contribution is 7.99. The standard InChI is InChI=1S/C34H31N5O2S2/c1-4-24-9-5-6-11-31(24)37-22(2)21-29(23(37)3)33-32(30-10-7-8-20-35-30)36-34(42)38(33)25-12-16-27(17-13-25)43-28-18-14-26(15-19-28)39(40)41/h5-21,32-33H,4H2,1-3H3,(H,36,42)/t32-,33-/m0/s1. The summed E-state index contributed by atoms with van der Waals surface area (Å²) in [4.78, 5) is 19.5. The van der Waals surface area contributed by atoms with E-state index in [4.69, 9.17) is 17.2 Å². The van der Waals surface area contributed by atoms with Crippen LogP contribution in [0.4, 0.5) is 11.4 Å². The van der Waals surface area contributed by atoms with Gasteiger partial charge in [0.15, 0.2) is 5.11 Å². The molecule has 3 aromatic carbocycles. The molecule has 3 heterocycles. The number of rotatable bonds is 8. The van der Waals surface area contributed by atoms with Crippen molar-refractivity contribution in [3.05, 3.63) is 142 Å². The molecule has 5 aromatic rings. The summed E-state index contributed by atoms with van der Waals surface area (Å²) in [6.07, 6.45) is 2.77. The smallest absolute Gasteiger partial charge is 0.269 e. The highest BCUT2D eigenvalue weighted by atomic mass is 32.2. The third-order valence-electron chi connectivity index (χ3n) is 7.90. The molecule has 0 unspecified atom stereocenters. The third kappa shape index (κ3) is 5.53. The van der Waals surface area contributed by atoms with E-state index in [0.29, 0.717) is 5.11 Å². The van der Waals surface area contributed by atoms with Crippen molar-refractivity contribution < 1.29 is 4.92 Å². The number of nitrogens with one attached hydrogen (secondary N) is 1. The zero-order valence-corrected chi connectivity index (χ0v) is 25.7. The molecule has 0 saturated carbocycles. The molecule has 9 heteroatoms. The summed E-state index contributed by atoms with van der Waals surface area (Å²) in [5.41, 5.74) is 8.03. The Morgan fingerprint density at radius 2 is 1.63 bits per heavy atom. The fraction of sp³-hybridized carbons (Fsp3) is 0.176. The van der Waals surface area contributed by atoms with Gasteiger partial charge in [0.25, 0.3) is 5.69 Å². The van der Waals surface area contributed by atoms with Gasteiger partial charge in [0.1, 0.15) is 0 Å². The number of nitro groups is 1. The van der Waals surface area contributed by atoms with Gasteiger partial charge in [-0.2, -0.15) is 0 Å². The van der Waals surface area contributed by atoms with Crippen LogP contribution in [0.2, 0.25) is 0 Å². The van der Waals surface area contributed by atoms with E-state index >= 15 is 0 Å². The second kappa shape index (κ2) is 12.0. The molecule has 1 N–H and O–H groups in total. The minimum Gasteiger partial charge on any atom is -0.351 e. The van der Waals surface area contributed by atoms with Gasteiger partial charge in [-0.1, -0.05) is 43.0 Å². The van der Waals surface area contributed by atoms with Crippen LogP contribution < -0.4 is 10.2 Å². The van der Waals surface area contributed by atoms with Crippen LogP contribution in [-0.4, -0.2) is 19.6 Å². The van der Waals surface area contributed by atoms with Crippen molar-refractivity contribution in [2.24, 2.45) is 0 Å². The van der Waals surface area contributed by atoms with Crippen LogP contribution in [0.25, 0.3) is 5.69 Å². The first-order valence-corrected chi connectivity index (χ1v) is 15.4. The summed E-state index contributed by atoms with van der Waals surface area (Å²) in [7, 11) is 0. The molecule has 0 spiro atoms. The topological polar surface area (TPSA) is 76.2 Å². The molecule has 7 nitrogen and oxygen atoms in total. The highest BCUT2D eigenvalue weighted by Crippen LogP contribution is 2.44. The SMILES string of the molecule is CCc1ccccc1-n1c(C)cc([C@H]2[C@H](c3ccccn3)NC(=S)N2c2ccc(Sc3ccc([N+](=O)[O-])cc3)cc2)c1C. The van der Waals surface area contributed by atoms with E-state index in [9.17, 15) is 10.1 Å². The molecule has 2 aromatic heterocycles. The van der Waals surface area contributed by atoms with Gasteiger partial charge in [0.05, 0.1) is 22.7 Å². The van der Waals surface area contributed by atoms with Gasteiger partial charge >= 0.3 is 0 Å². The molecule has 43 heavy (non-hydrogen) atoms. The molecule has 1 fully saturated rings. The Morgan fingerprint density at radius 1 is 0.953 bits per heavy atom. The Morgan fingerprint density at radius 3 is 2.28 bits per heavy atom. The van der Waals surface area contributed by atoms with Crippen molar-refractivity contribution in [2.75, 3.05) is 4.90 Å². The van der Waals surface area contributed by atoms with Gasteiger partial charge in [-0.15, -0.1) is 0 Å². The largest absolute Gasteiger partial charge is 0.351 e. The zero-order valence-electron chi connectivity index (χ0n) is 24.1. The van der Waals surface area contributed by atoms with Crippen molar-refractivity contribution in [1.82, 2.24) is 14.9 Å². The summed E-state index contributed by atoms with van der Waals surface area (Å²) in [6.45, 7) is 6.54. The molecule has 1 saturated heterocycles. The summed E-state index contributed by atoms with van der Waals surface area (Å²) < 4.78 is 2.35. The van der Waals surface area contributed by atoms with Crippen LogP contribution in [0, 0.1) is 24.0 Å². The maximum Gasteiger partial charge on any atom is 0.269 e. The monoisotopic (exact) mass is 605 g/mol. The predicted molar refractivity (Wildman–Crippen MR) is 176 cm³/mol. The van der Waals surface area contributed by atoms with Crippen LogP contribution in [-0.2, 0) is 6.42 Å². The quantitative estimate of drug-likeness (QED) is 0.108. The van der Waals surface area contributed by atoms with Crippen molar-refractivity contribution in [2.45, 2.75) is 49.1 Å². The molecule has 6 rings (SSSR count). The van der Waals surface area contributed by atoms with Crippen molar-refractivity contribution in [1.29, 1.82) is 0 Å². The van der Waals surface area contributed by atoms with Gasteiger partial charge in [0, 0.05) is 50.9 Å². The van der Waals surface area contributed by atoms with Crippen LogP contribution in [0.15, 0.2) is 113 Å². The number of non-ortho nitro benzene ring substituents is 1. The fourth-order valence-corrected chi connectivity index (χ4v) is 7.04. The lowest BCUT2D eigenvalue weighted by Crippen LogP contribution is -2.29. The Balaban J connectivity index is 1.38. The van der Waals surface area contributed by atoms with Crippen LogP contribution in [0.5, 0.6) is 0 Å². The molecule has 216 valence electrons. The molecular weight excluding hydrogens is 575 g/mol. The summed E-state index contributed by atoms with van der Waals surface area (Å²) in [5, 5.41) is 15.2. The average Bonchev–Trinajstić information content (AvgIpc) is 3.52. The molecule has 2 atom stereocenters. The number of nitro benzene ring substituents is 1. The van der Waals surface area contributed by atoms with Crippen LogP contribution >= 0.6 is 24.0 Å². The van der Waals surface area contributed by atoms with Gasteiger partial charge in [-0.25, -0.2) is 0 Å². The van der Waals surface area contributed by atoms with Gasteiger partial charge in [-0.05, 0) is 104 Å². The predicted octanol–water partition coefficient (Wildman–Crippen LogP) is 8.29. The number of nitrogens with zero attached hydrogens (tertiary/aromatic N) is 4. The van der Waals surface area contributed by atoms with E-state index in [1.807, 2.05) is 24.4 Å². The number of anilines is 1. The first-order valence-electron chi connectivity index (χ1n) is 14.2. The van der Waals surface area contributed by atoms with Crippen LogP contribution in [0.1, 0.15) is 47.2 Å². The van der Waals surface area contributed by atoms with Gasteiger partial charge in [-0.3, -0.25) is 15.1 Å². The van der Waals surface area contributed by atoms with E-state index in [0.717, 1.165) is 27.6 Å². The molecule has 0 amide bonds. The molecule has 0 aliphatic carbocycles. The number of thiocarbonyl (C=S) groups is 1. The van der Waals surface area contributed by atoms with Crippen molar-refractivity contribution in [3.63, 3.8) is 0 Å². The third-order valence-corrected chi connectivity index (χ3v) is 9.23. The van der Waals surface area contributed by atoms with E-state index in [-0.39, 0.29) is 22.7 Å². The maximum atomic E-state index is 11.0. The average molecular weight is 606 g/mol. The first kappa shape index (κ1) is 28.6. The minimum atomic E-state index is -0.384. The molecule has 0 radical (unpaired) electrons. The number of para-hydroxylation sites is 1. The number of aryl methyl sites for hydroxylation is 2. The Kier molecular flexibility index (Phi) is 8.01. The molecule has 1 aliphatic rings. The second-order valence-electron chi connectivity index (χ2n) is 10.5. The number of hydrogen-bond acceptors (Lipinski definition) is 5. The zero-order chi connectivity index (χ0) is 30.1. The van der Waals surface area contributed by atoms with E-state index in [1.54, 1.807) is 23.9 Å². The molecule has 0 bridgehead atoms. The summed E-state index contributed by atoms with van der Waals surface area (Å²) in [6, 6.07) is 31.5. The van der Waals surface area contributed by atoms with Gasteiger partial charge < -0.3 is 14.8 Å². The van der Waals surface area contributed by atoms with E-state index in [2.05, 4.69) is 90.2 Å². The second-order valence-corrected chi connectivity index (χ2v) is 12.0. The fourth-order valence-electron chi connectivity index (χ4n) is 5.88. The number of pyridine rings is 1.